The number of aliphatic hydroxyl groups excluding tert-OH is 2. The van der Waals surface area contributed by atoms with Gasteiger partial charge in [0.05, 0.1) is 19.0 Å². The third-order valence-corrected chi connectivity index (χ3v) is 7.89. The third kappa shape index (κ3) is 12.1. The molecule has 0 bridgehead atoms. The Balaban J connectivity index is 1.97. The summed E-state index contributed by atoms with van der Waals surface area (Å²) in [5, 5.41) is 41.1. The molecule has 1 aliphatic rings. The molecule has 0 aromatic carbocycles. The topological polar surface area (TPSA) is 298 Å². The third-order valence-electron chi connectivity index (χ3n) is 7.89. The number of aromatic nitrogens is 2. The summed E-state index contributed by atoms with van der Waals surface area (Å²) in [5.41, 5.74) is 6.15. The highest BCUT2D eigenvalue weighted by Crippen LogP contribution is 2.19. The first-order chi connectivity index (χ1) is 23.0. The molecular weight excluding hydrogens is 646 g/mol. The lowest BCUT2D eigenvalue weighted by Crippen LogP contribution is -2.60. The number of nitrogens with zero attached hydrogens (tertiary/aromatic N) is 2. The number of aliphatic carboxylic acids is 1. The number of amides is 6. The fourth-order valence-electron chi connectivity index (χ4n) is 5.07. The van der Waals surface area contributed by atoms with Gasteiger partial charge in [-0.15, -0.1) is 0 Å². The molecule has 0 unspecified atom stereocenters. The van der Waals surface area contributed by atoms with Crippen molar-refractivity contribution in [1.29, 1.82) is 0 Å². The van der Waals surface area contributed by atoms with Gasteiger partial charge in [0.25, 0.3) is 0 Å². The minimum atomic E-state index is -1.51. The van der Waals surface area contributed by atoms with E-state index in [2.05, 4.69) is 36.6 Å². The summed E-state index contributed by atoms with van der Waals surface area (Å²) in [6.45, 7) is 6.96. The predicted octanol–water partition coefficient (Wildman–Crippen LogP) is -3.76. The summed E-state index contributed by atoms with van der Waals surface area (Å²) in [7, 11) is 0. The number of aromatic amines is 1. The molecular formula is C30H49N9O10. The molecule has 0 aliphatic carbocycles. The van der Waals surface area contributed by atoms with Crippen LogP contribution in [0.15, 0.2) is 12.5 Å². The Morgan fingerprint density at radius 1 is 0.898 bits per heavy atom. The molecule has 2 heterocycles. The van der Waals surface area contributed by atoms with Gasteiger partial charge in [0.2, 0.25) is 35.4 Å². The SMILES string of the molecule is CC(C)C[C@H](NC(=O)[C@@H](N)[C@@H](C)O)C(=O)N[C@@H](CO)C(=O)N[C@@H](C)C(=O)N[C@@H](C)C(=O)N1CCC[C@H]1C(=O)N[C@@H](Cc1cnc[nH]1)C(=O)O. The average Bonchev–Trinajstić information content (AvgIpc) is 3.74. The maximum atomic E-state index is 13.3. The van der Waals surface area contributed by atoms with Gasteiger partial charge in [0, 0.05) is 24.9 Å². The summed E-state index contributed by atoms with van der Waals surface area (Å²) >= 11 is 0. The van der Waals surface area contributed by atoms with Gasteiger partial charge in [0.15, 0.2) is 0 Å². The van der Waals surface area contributed by atoms with Crippen LogP contribution in [0.3, 0.4) is 0 Å². The molecule has 1 aliphatic heterocycles. The van der Waals surface area contributed by atoms with Crippen molar-refractivity contribution in [3.8, 4) is 0 Å². The van der Waals surface area contributed by atoms with Crippen molar-refractivity contribution in [2.45, 2.75) is 109 Å². The van der Waals surface area contributed by atoms with E-state index in [-0.39, 0.29) is 31.7 Å². The number of hydrogen-bond donors (Lipinski definition) is 10. The van der Waals surface area contributed by atoms with Gasteiger partial charge >= 0.3 is 5.97 Å². The maximum Gasteiger partial charge on any atom is 0.326 e. The molecule has 1 aromatic rings. The van der Waals surface area contributed by atoms with Gasteiger partial charge in [-0.1, -0.05) is 13.8 Å². The van der Waals surface area contributed by atoms with Gasteiger partial charge < -0.3 is 57.5 Å². The fourth-order valence-corrected chi connectivity index (χ4v) is 5.07. The number of nitrogens with one attached hydrogen (secondary N) is 6. The number of rotatable bonds is 18. The number of carbonyl (C=O) groups is 7. The van der Waals surface area contributed by atoms with E-state index in [9.17, 15) is 48.9 Å². The minimum absolute atomic E-state index is 0.0492. The van der Waals surface area contributed by atoms with Crippen LogP contribution in [0.25, 0.3) is 0 Å². The molecule has 0 spiro atoms. The molecule has 49 heavy (non-hydrogen) atoms. The van der Waals surface area contributed by atoms with E-state index >= 15 is 0 Å². The lowest BCUT2D eigenvalue weighted by Gasteiger charge is -2.29. The molecule has 2 rings (SSSR count). The first-order valence-corrected chi connectivity index (χ1v) is 16.0. The molecule has 1 fully saturated rings. The van der Waals surface area contributed by atoms with Crippen molar-refractivity contribution >= 4 is 41.4 Å². The van der Waals surface area contributed by atoms with Gasteiger partial charge in [-0.25, -0.2) is 9.78 Å². The highest BCUT2D eigenvalue weighted by atomic mass is 16.4. The maximum absolute atomic E-state index is 13.3. The second-order valence-electron chi connectivity index (χ2n) is 12.5. The number of aliphatic hydroxyl groups is 2. The molecule has 8 atom stereocenters. The van der Waals surface area contributed by atoms with E-state index in [1.165, 1.54) is 38.2 Å². The summed E-state index contributed by atoms with van der Waals surface area (Å²) in [5.74, 6) is -5.89. The van der Waals surface area contributed by atoms with Crippen LogP contribution in [0.2, 0.25) is 0 Å². The van der Waals surface area contributed by atoms with Crippen LogP contribution in [0.5, 0.6) is 0 Å². The number of nitrogens with two attached hydrogens (primary N) is 1. The Hall–Kier alpha value is -4.62. The van der Waals surface area contributed by atoms with Crippen LogP contribution < -0.4 is 32.3 Å². The van der Waals surface area contributed by atoms with E-state index < -0.39 is 96.4 Å². The van der Waals surface area contributed by atoms with Crippen LogP contribution in [0.1, 0.15) is 59.6 Å². The normalized spacial score (nSPS) is 18.6. The van der Waals surface area contributed by atoms with Crippen LogP contribution in [-0.4, -0.2) is 133 Å². The van der Waals surface area contributed by atoms with Crippen LogP contribution in [-0.2, 0) is 40.0 Å². The van der Waals surface area contributed by atoms with Crippen molar-refractivity contribution in [2.75, 3.05) is 13.2 Å². The van der Waals surface area contributed by atoms with E-state index in [0.717, 1.165) is 0 Å². The summed E-state index contributed by atoms with van der Waals surface area (Å²) in [4.78, 5) is 97.1. The minimum Gasteiger partial charge on any atom is -0.480 e. The first kappa shape index (κ1) is 40.6. The number of carboxylic acid groups (broad SMARTS) is 1. The highest BCUT2D eigenvalue weighted by molar-refractivity contribution is 5.97. The predicted molar refractivity (Wildman–Crippen MR) is 172 cm³/mol. The monoisotopic (exact) mass is 695 g/mol. The Morgan fingerprint density at radius 2 is 1.51 bits per heavy atom. The Bertz CT molecular complexity index is 1320. The van der Waals surface area contributed by atoms with E-state index in [0.29, 0.717) is 12.1 Å². The van der Waals surface area contributed by atoms with Gasteiger partial charge in [0.1, 0.15) is 42.3 Å². The number of hydrogen-bond acceptors (Lipinski definition) is 11. The van der Waals surface area contributed by atoms with Crippen molar-refractivity contribution in [1.82, 2.24) is 41.5 Å². The molecule has 1 aromatic heterocycles. The smallest absolute Gasteiger partial charge is 0.326 e. The van der Waals surface area contributed by atoms with Gasteiger partial charge in [-0.2, -0.15) is 0 Å². The van der Waals surface area contributed by atoms with E-state index in [1.807, 2.05) is 0 Å². The zero-order valence-electron chi connectivity index (χ0n) is 28.3. The zero-order chi connectivity index (χ0) is 37.0. The number of carboxylic acids is 1. The molecule has 0 saturated carbocycles. The first-order valence-electron chi connectivity index (χ1n) is 16.0. The average molecular weight is 696 g/mol. The summed E-state index contributed by atoms with van der Waals surface area (Å²) in [6, 6.07) is -8.56. The lowest BCUT2D eigenvalue weighted by atomic mass is 10.0. The molecule has 11 N–H and O–H groups in total. The summed E-state index contributed by atoms with van der Waals surface area (Å²) in [6.07, 6.45) is 2.49. The number of carbonyl (C=O) groups excluding carboxylic acids is 6. The zero-order valence-corrected chi connectivity index (χ0v) is 28.3. The lowest BCUT2D eigenvalue weighted by molar-refractivity contribution is -0.144. The Labute approximate surface area is 283 Å². The molecule has 274 valence electrons. The standard InChI is InChI=1S/C30H49N9O10/c1-14(2)9-19(36-28(46)23(31)17(5)41)25(43)38-21(12-40)26(44)34-15(3)24(42)35-16(4)29(47)39-8-6-7-22(39)27(45)37-20(30(48)49)10-18-11-32-13-33-18/h11,13-17,19-23,40-41H,6-10,12,31H2,1-5H3,(H,32,33)(H,34,44)(H,35,42)(H,36,46)(H,37,45)(H,38,43)(H,48,49)/t15-,16-,17+,19-,20-,21-,22-,23-/m0/s1. The van der Waals surface area contributed by atoms with Crippen molar-refractivity contribution in [3.05, 3.63) is 18.2 Å². The quantitative estimate of drug-likeness (QED) is 0.0708. The van der Waals surface area contributed by atoms with Crippen molar-refractivity contribution in [3.63, 3.8) is 0 Å². The largest absolute Gasteiger partial charge is 0.480 e. The van der Waals surface area contributed by atoms with Crippen LogP contribution in [0.4, 0.5) is 0 Å². The molecule has 19 heteroatoms. The number of likely N-dealkylation sites (tertiary alicyclic amines) is 1. The number of H-pyrrole nitrogens is 1. The Morgan fingerprint density at radius 3 is 2.06 bits per heavy atom. The molecule has 1 saturated heterocycles. The van der Waals surface area contributed by atoms with Crippen molar-refractivity contribution < 1.29 is 48.9 Å². The Kier molecular flexibility index (Phi) is 15.6. The van der Waals surface area contributed by atoms with E-state index in [1.54, 1.807) is 13.8 Å². The van der Waals surface area contributed by atoms with Gasteiger partial charge in [-0.3, -0.25) is 28.8 Å². The fraction of sp³-hybridized carbons (Fsp3) is 0.667. The molecule has 19 nitrogen and oxygen atoms in total. The van der Waals surface area contributed by atoms with Gasteiger partial charge in [-0.05, 0) is 46.0 Å². The molecule has 0 radical (unpaired) electrons. The van der Waals surface area contributed by atoms with Crippen molar-refractivity contribution in [2.24, 2.45) is 11.7 Å². The molecule has 6 amide bonds. The highest BCUT2D eigenvalue weighted by Gasteiger charge is 2.38. The van der Waals surface area contributed by atoms with Crippen LogP contribution >= 0.6 is 0 Å². The van der Waals surface area contributed by atoms with E-state index in [4.69, 9.17) is 5.73 Å². The summed E-state index contributed by atoms with van der Waals surface area (Å²) < 4.78 is 0. The second-order valence-corrected chi connectivity index (χ2v) is 12.5. The second kappa shape index (κ2) is 18.8. The number of imidazole rings is 1. The van der Waals surface area contributed by atoms with Crippen LogP contribution in [0, 0.1) is 5.92 Å².